The quantitative estimate of drug-likeness (QED) is 0.481. The average molecular weight is 382 g/mol. The van der Waals surface area contributed by atoms with Crippen molar-refractivity contribution in [2.24, 2.45) is 5.84 Å². The first-order valence-electron chi connectivity index (χ1n) is 6.68. The van der Waals surface area contributed by atoms with Gasteiger partial charge in [0.05, 0.1) is 0 Å². The Balaban J connectivity index is 1.79. The molecule has 3 N–H and O–H groups in total. The molecular weight excluding hydrogens is 366 g/mol. The third-order valence-corrected chi connectivity index (χ3v) is 4.95. The molecule has 2 atom stereocenters. The summed E-state index contributed by atoms with van der Waals surface area (Å²) in [5.41, 5.74) is 6.80. The molecule has 0 aliphatic heterocycles. The van der Waals surface area contributed by atoms with E-state index in [2.05, 4.69) is 52.3 Å². The summed E-state index contributed by atoms with van der Waals surface area (Å²) >= 11 is 2.17. The molecule has 0 saturated carbocycles. The van der Waals surface area contributed by atoms with E-state index in [-0.39, 0.29) is 11.9 Å². The van der Waals surface area contributed by atoms with Crippen LogP contribution in [0.4, 0.5) is 4.39 Å². The molecule has 20 heavy (non-hydrogen) atoms. The first-order chi connectivity index (χ1) is 9.69. The molecule has 2 aromatic carbocycles. The van der Waals surface area contributed by atoms with Crippen molar-refractivity contribution in [3.8, 4) is 0 Å². The predicted molar refractivity (Wildman–Crippen MR) is 86.7 cm³/mol. The normalized spacial score (nSPS) is 18.2. The summed E-state index contributed by atoms with van der Waals surface area (Å²) in [7, 11) is 0. The molecule has 0 heterocycles. The highest BCUT2D eigenvalue weighted by Crippen LogP contribution is 2.41. The van der Waals surface area contributed by atoms with E-state index in [9.17, 15) is 4.39 Å². The Kier molecular flexibility index (Phi) is 4.05. The van der Waals surface area contributed by atoms with Crippen molar-refractivity contribution >= 4 is 22.6 Å². The molecule has 0 fully saturated rings. The lowest BCUT2D eigenvalue weighted by Gasteiger charge is -2.33. The van der Waals surface area contributed by atoms with Crippen LogP contribution >= 0.6 is 22.6 Å². The van der Waals surface area contributed by atoms with E-state index < -0.39 is 0 Å². The molecule has 2 nitrogen and oxygen atoms in total. The second-order valence-corrected chi connectivity index (χ2v) is 6.38. The van der Waals surface area contributed by atoms with Crippen molar-refractivity contribution in [3.63, 3.8) is 0 Å². The van der Waals surface area contributed by atoms with Gasteiger partial charge in [-0.25, -0.2) is 4.39 Å². The number of hydrogen-bond donors (Lipinski definition) is 2. The van der Waals surface area contributed by atoms with Crippen LogP contribution in [0.3, 0.4) is 0 Å². The van der Waals surface area contributed by atoms with Gasteiger partial charge in [0.25, 0.3) is 0 Å². The van der Waals surface area contributed by atoms with Crippen molar-refractivity contribution in [2.75, 3.05) is 0 Å². The number of nitrogens with one attached hydrogen (secondary N) is 1. The topological polar surface area (TPSA) is 38.0 Å². The number of fused-ring (bicyclic) bond motifs is 1. The Morgan fingerprint density at radius 2 is 2.10 bits per heavy atom. The van der Waals surface area contributed by atoms with E-state index in [1.54, 1.807) is 6.07 Å². The molecule has 2 aromatic rings. The van der Waals surface area contributed by atoms with Crippen LogP contribution in [0.1, 0.15) is 35.1 Å². The summed E-state index contributed by atoms with van der Waals surface area (Å²) in [5.74, 6) is 6.04. The Hall–Kier alpha value is -0.980. The van der Waals surface area contributed by atoms with Crippen molar-refractivity contribution < 1.29 is 4.39 Å². The third-order valence-electron chi connectivity index (χ3n) is 4.02. The zero-order chi connectivity index (χ0) is 14.1. The summed E-state index contributed by atoms with van der Waals surface area (Å²) in [5, 5.41) is 0. The monoisotopic (exact) mass is 382 g/mol. The van der Waals surface area contributed by atoms with Crippen LogP contribution in [-0.4, -0.2) is 0 Å². The molecule has 0 radical (unpaired) electrons. The van der Waals surface area contributed by atoms with Gasteiger partial charge in [-0.2, -0.15) is 0 Å². The molecule has 0 aromatic heterocycles. The fraction of sp³-hybridized carbons (Fsp3) is 0.250. The number of rotatable bonds is 4. The molecule has 104 valence electrons. The second kappa shape index (κ2) is 5.79. The zero-order valence-corrected chi connectivity index (χ0v) is 13.1. The average Bonchev–Trinajstić information content (AvgIpc) is 2.41. The second-order valence-electron chi connectivity index (χ2n) is 5.22. The summed E-state index contributed by atoms with van der Waals surface area (Å²) in [6.45, 7) is 0. The highest BCUT2D eigenvalue weighted by atomic mass is 127. The number of hydrogen-bond acceptors (Lipinski definition) is 2. The Bertz CT molecular complexity index is 630. The van der Waals surface area contributed by atoms with E-state index in [0.29, 0.717) is 5.92 Å². The van der Waals surface area contributed by atoms with Crippen LogP contribution in [0.2, 0.25) is 0 Å². The first-order valence-corrected chi connectivity index (χ1v) is 7.76. The van der Waals surface area contributed by atoms with Gasteiger partial charge in [0.15, 0.2) is 0 Å². The molecule has 3 rings (SSSR count). The van der Waals surface area contributed by atoms with Crippen LogP contribution in [0, 0.1) is 9.39 Å². The summed E-state index contributed by atoms with van der Waals surface area (Å²) < 4.78 is 14.1. The standard InChI is InChI=1S/C16H16FIN2/c17-12-5-6-14(15(18)9-12)16(20-19)8-11-7-10-3-1-2-4-13(10)11/h1-6,9,11,16,20H,7-8,19H2. The fourth-order valence-corrected chi connectivity index (χ4v) is 3.78. The van der Waals surface area contributed by atoms with Gasteiger partial charge in [-0.05, 0) is 70.2 Å². The van der Waals surface area contributed by atoms with Crippen LogP contribution < -0.4 is 11.3 Å². The van der Waals surface area contributed by atoms with Crippen LogP contribution in [0.25, 0.3) is 0 Å². The van der Waals surface area contributed by atoms with Gasteiger partial charge in [-0.3, -0.25) is 11.3 Å². The van der Waals surface area contributed by atoms with Crippen molar-refractivity contribution in [1.29, 1.82) is 0 Å². The van der Waals surface area contributed by atoms with Gasteiger partial charge in [-0.15, -0.1) is 0 Å². The molecule has 2 unspecified atom stereocenters. The fourth-order valence-electron chi connectivity index (χ4n) is 2.93. The highest BCUT2D eigenvalue weighted by molar-refractivity contribution is 14.1. The van der Waals surface area contributed by atoms with Gasteiger partial charge in [0, 0.05) is 9.61 Å². The smallest absolute Gasteiger partial charge is 0.124 e. The van der Waals surface area contributed by atoms with E-state index in [4.69, 9.17) is 5.84 Å². The molecule has 0 spiro atoms. The molecule has 4 heteroatoms. The largest absolute Gasteiger partial charge is 0.271 e. The highest BCUT2D eigenvalue weighted by Gasteiger charge is 2.28. The summed E-state index contributed by atoms with van der Waals surface area (Å²) in [6, 6.07) is 13.5. The minimum absolute atomic E-state index is 0.0563. The van der Waals surface area contributed by atoms with E-state index in [1.807, 2.05) is 6.07 Å². The van der Waals surface area contributed by atoms with Gasteiger partial charge in [0.2, 0.25) is 0 Å². The van der Waals surface area contributed by atoms with Crippen LogP contribution in [0.5, 0.6) is 0 Å². The van der Waals surface area contributed by atoms with Gasteiger partial charge in [-0.1, -0.05) is 30.3 Å². The molecule has 0 saturated heterocycles. The van der Waals surface area contributed by atoms with Crippen molar-refractivity contribution in [3.05, 3.63) is 68.5 Å². The third kappa shape index (κ3) is 2.60. The van der Waals surface area contributed by atoms with Crippen molar-refractivity contribution in [2.45, 2.75) is 24.8 Å². The van der Waals surface area contributed by atoms with Gasteiger partial charge >= 0.3 is 0 Å². The maximum Gasteiger partial charge on any atom is 0.124 e. The maximum atomic E-state index is 13.2. The maximum absolute atomic E-state index is 13.2. The minimum atomic E-state index is -0.206. The molecular formula is C16H16FIN2. The van der Waals surface area contributed by atoms with E-state index in [0.717, 1.165) is 22.0 Å². The Labute approximate surface area is 131 Å². The molecule has 0 amide bonds. The lowest BCUT2D eigenvalue weighted by molar-refractivity contribution is 0.433. The summed E-state index contributed by atoms with van der Waals surface area (Å²) in [6.07, 6.45) is 2.04. The predicted octanol–water partition coefficient (Wildman–Crippen LogP) is 3.66. The van der Waals surface area contributed by atoms with Gasteiger partial charge < -0.3 is 0 Å². The first kappa shape index (κ1) is 14.0. The minimum Gasteiger partial charge on any atom is -0.271 e. The van der Waals surface area contributed by atoms with E-state index in [1.165, 1.54) is 17.2 Å². The van der Waals surface area contributed by atoms with Crippen LogP contribution in [0.15, 0.2) is 42.5 Å². The lowest BCUT2D eigenvalue weighted by atomic mass is 9.74. The number of halogens is 2. The number of nitrogens with two attached hydrogens (primary N) is 1. The van der Waals surface area contributed by atoms with Crippen molar-refractivity contribution in [1.82, 2.24) is 5.43 Å². The zero-order valence-electron chi connectivity index (χ0n) is 10.9. The Morgan fingerprint density at radius 1 is 1.30 bits per heavy atom. The number of hydrazine groups is 1. The number of benzene rings is 2. The van der Waals surface area contributed by atoms with Gasteiger partial charge in [0.1, 0.15) is 5.82 Å². The molecule has 0 bridgehead atoms. The lowest BCUT2D eigenvalue weighted by Crippen LogP contribution is -2.32. The molecule has 1 aliphatic rings. The van der Waals surface area contributed by atoms with E-state index >= 15 is 0 Å². The summed E-state index contributed by atoms with van der Waals surface area (Å²) in [4.78, 5) is 0. The molecule has 1 aliphatic carbocycles. The SMILES string of the molecule is NNC(CC1Cc2ccccc21)c1ccc(F)cc1I. The van der Waals surface area contributed by atoms with Crippen LogP contribution in [-0.2, 0) is 6.42 Å². The Morgan fingerprint density at radius 3 is 2.80 bits per heavy atom.